The van der Waals surface area contributed by atoms with E-state index < -0.39 is 0 Å². The SMILES string of the molecule is CCC(CC)(CO)CNC1CCCc2cc(O)ccc21. The molecule has 3 N–H and O–H groups in total. The van der Waals surface area contributed by atoms with Gasteiger partial charge in [-0.25, -0.2) is 0 Å². The average Bonchev–Trinajstić information content (AvgIpc) is 2.49. The van der Waals surface area contributed by atoms with Crippen LogP contribution in [0.1, 0.15) is 56.7 Å². The molecule has 0 saturated heterocycles. The van der Waals surface area contributed by atoms with E-state index in [4.69, 9.17) is 0 Å². The second-order valence-electron chi connectivity index (χ2n) is 6.07. The van der Waals surface area contributed by atoms with Crippen LogP contribution in [-0.4, -0.2) is 23.4 Å². The molecular weight excluding hydrogens is 250 g/mol. The number of hydrogen-bond acceptors (Lipinski definition) is 3. The third kappa shape index (κ3) is 3.15. The molecule has 1 atom stereocenters. The van der Waals surface area contributed by atoms with Crippen LogP contribution in [0.4, 0.5) is 0 Å². The first-order chi connectivity index (χ1) is 9.64. The van der Waals surface area contributed by atoms with Gasteiger partial charge in [-0.3, -0.25) is 0 Å². The zero-order chi connectivity index (χ0) is 14.6. The monoisotopic (exact) mass is 277 g/mol. The molecule has 0 heterocycles. The Hall–Kier alpha value is -1.06. The molecule has 1 aromatic carbocycles. The second kappa shape index (κ2) is 6.59. The molecule has 0 bridgehead atoms. The largest absolute Gasteiger partial charge is 0.508 e. The smallest absolute Gasteiger partial charge is 0.115 e. The fourth-order valence-electron chi connectivity index (χ4n) is 3.13. The van der Waals surface area contributed by atoms with E-state index in [0.29, 0.717) is 11.8 Å². The van der Waals surface area contributed by atoms with Gasteiger partial charge in [-0.15, -0.1) is 0 Å². The van der Waals surface area contributed by atoms with Crippen LogP contribution in [0.25, 0.3) is 0 Å². The highest BCUT2D eigenvalue weighted by Crippen LogP contribution is 2.33. The number of phenolic OH excluding ortho intramolecular Hbond substituents is 1. The summed E-state index contributed by atoms with van der Waals surface area (Å²) in [5, 5.41) is 22.9. The molecule has 1 aliphatic carbocycles. The number of hydrogen-bond donors (Lipinski definition) is 3. The number of phenols is 1. The lowest BCUT2D eigenvalue weighted by molar-refractivity contribution is 0.109. The summed E-state index contributed by atoms with van der Waals surface area (Å²) in [6.45, 7) is 5.38. The van der Waals surface area contributed by atoms with Crippen LogP contribution in [0.15, 0.2) is 18.2 Å². The van der Waals surface area contributed by atoms with Crippen molar-refractivity contribution in [1.29, 1.82) is 0 Å². The average molecular weight is 277 g/mol. The van der Waals surface area contributed by atoms with E-state index in [1.165, 1.54) is 11.1 Å². The highest BCUT2D eigenvalue weighted by molar-refractivity contribution is 5.38. The van der Waals surface area contributed by atoms with Crippen molar-refractivity contribution >= 4 is 0 Å². The highest BCUT2D eigenvalue weighted by atomic mass is 16.3. The van der Waals surface area contributed by atoms with E-state index in [1.54, 1.807) is 6.07 Å². The number of benzene rings is 1. The summed E-state index contributed by atoms with van der Waals surface area (Å²) in [6.07, 6.45) is 5.31. The number of nitrogens with one attached hydrogen (secondary N) is 1. The van der Waals surface area contributed by atoms with Crippen molar-refractivity contribution < 1.29 is 10.2 Å². The van der Waals surface area contributed by atoms with Crippen molar-refractivity contribution in [2.45, 2.75) is 52.0 Å². The standard InChI is InChI=1S/C17H27NO2/c1-3-17(4-2,12-19)11-18-16-7-5-6-13-10-14(20)8-9-15(13)16/h8-10,16,18-20H,3-7,11-12H2,1-2H3. The Morgan fingerprint density at radius 1 is 1.30 bits per heavy atom. The molecule has 0 aliphatic heterocycles. The van der Waals surface area contributed by atoms with Crippen molar-refractivity contribution in [3.63, 3.8) is 0 Å². The quantitative estimate of drug-likeness (QED) is 0.748. The number of rotatable bonds is 6. The van der Waals surface area contributed by atoms with Crippen LogP contribution >= 0.6 is 0 Å². The molecule has 3 nitrogen and oxygen atoms in total. The molecule has 0 fully saturated rings. The van der Waals surface area contributed by atoms with Gasteiger partial charge in [-0.05, 0) is 55.4 Å². The van der Waals surface area contributed by atoms with Crippen molar-refractivity contribution in [3.05, 3.63) is 29.3 Å². The van der Waals surface area contributed by atoms with Gasteiger partial charge in [0.15, 0.2) is 0 Å². The summed E-state index contributed by atoms with van der Waals surface area (Å²) >= 11 is 0. The maximum absolute atomic E-state index is 9.66. The normalized spacial score (nSPS) is 18.9. The summed E-state index contributed by atoms with van der Waals surface area (Å²) in [5.41, 5.74) is 2.57. The topological polar surface area (TPSA) is 52.5 Å². The van der Waals surface area contributed by atoms with Gasteiger partial charge in [0.1, 0.15) is 5.75 Å². The summed E-state index contributed by atoms with van der Waals surface area (Å²) in [7, 11) is 0. The van der Waals surface area contributed by atoms with Crippen LogP contribution < -0.4 is 5.32 Å². The fraction of sp³-hybridized carbons (Fsp3) is 0.647. The molecule has 20 heavy (non-hydrogen) atoms. The van der Waals surface area contributed by atoms with Crippen molar-refractivity contribution in [2.75, 3.05) is 13.2 Å². The van der Waals surface area contributed by atoms with Crippen LogP contribution in [0.2, 0.25) is 0 Å². The third-order valence-electron chi connectivity index (χ3n) is 5.00. The molecule has 1 aliphatic rings. The maximum Gasteiger partial charge on any atom is 0.115 e. The zero-order valence-corrected chi connectivity index (χ0v) is 12.7. The predicted molar refractivity (Wildman–Crippen MR) is 81.9 cm³/mol. The minimum atomic E-state index is -0.00543. The summed E-state index contributed by atoms with van der Waals surface area (Å²) < 4.78 is 0. The number of aliphatic hydroxyl groups excluding tert-OH is 1. The van der Waals surface area contributed by atoms with Gasteiger partial charge in [0.05, 0.1) is 0 Å². The van der Waals surface area contributed by atoms with E-state index in [2.05, 4.69) is 19.2 Å². The molecule has 3 heteroatoms. The van der Waals surface area contributed by atoms with Crippen LogP contribution in [0.3, 0.4) is 0 Å². The van der Waals surface area contributed by atoms with Crippen molar-refractivity contribution in [1.82, 2.24) is 5.32 Å². The Balaban J connectivity index is 2.09. The first-order valence-electron chi connectivity index (χ1n) is 7.80. The van der Waals surface area contributed by atoms with E-state index >= 15 is 0 Å². The number of aryl methyl sites for hydroxylation is 1. The minimum absolute atomic E-state index is 0.00543. The molecule has 0 amide bonds. The first kappa shape index (κ1) is 15.3. The Bertz CT molecular complexity index is 432. The molecule has 112 valence electrons. The molecule has 0 spiro atoms. The lowest BCUT2D eigenvalue weighted by atomic mass is 9.81. The summed E-state index contributed by atoms with van der Waals surface area (Å²) in [5.74, 6) is 0.358. The van der Waals surface area contributed by atoms with E-state index in [9.17, 15) is 10.2 Å². The van der Waals surface area contributed by atoms with Crippen molar-refractivity contribution in [2.24, 2.45) is 5.41 Å². The fourth-order valence-corrected chi connectivity index (χ4v) is 3.13. The van der Waals surface area contributed by atoms with Gasteiger partial charge in [-0.2, -0.15) is 0 Å². The van der Waals surface area contributed by atoms with Gasteiger partial charge in [-0.1, -0.05) is 19.9 Å². The Kier molecular flexibility index (Phi) is 5.06. The highest BCUT2D eigenvalue weighted by Gasteiger charge is 2.28. The van der Waals surface area contributed by atoms with E-state index in [0.717, 1.165) is 38.6 Å². The van der Waals surface area contributed by atoms with Crippen LogP contribution in [-0.2, 0) is 6.42 Å². The minimum Gasteiger partial charge on any atom is -0.508 e. The lowest BCUT2D eigenvalue weighted by Gasteiger charge is -2.34. The molecule has 0 radical (unpaired) electrons. The zero-order valence-electron chi connectivity index (χ0n) is 12.7. The number of aliphatic hydroxyl groups is 1. The number of aromatic hydroxyl groups is 1. The Labute approximate surface area is 122 Å². The van der Waals surface area contributed by atoms with Gasteiger partial charge in [0.25, 0.3) is 0 Å². The number of fused-ring (bicyclic) bond motifs is 1. The van der Waals surface area contributed by atoms with Crippen molar-refractivity contribution in [3.8, 4) is 5.75 Å². The molecule has 0 saturated carbocycles. The Morgan fingerprint density at radius 2 is 2.05 bits per heavy atom. The molecule has 1 unspecified atom stereocenters. The summed E-state index contributed by atoms with van der Waals surface area (Å²) in [6, 6.07) is 6.06. The molecule has 1 aromatic rings. The summed E-state index contributed by atoms with van der Waals surface area (Å²) in [4.78, 5) is 0. The van der Waals surface area contributed by atoms with Gasteiger partial charge in [0, 0.05) is 24.6 Å². The van der Waals surface area contributed by atoms with Crippen LogP contribution in [0.5, 0.6) is 5.75 Å². The predicted octanol–water partition coefficient (Wildman–Crippen LogP) is 3.16. The first-order valence-corrected chi connectivity index (χ1v) is 7.80. The molecule has 0 aromatic heterocycles. The maximum atomic E-state index is 9.66. The van der Waals surface area contributed by atoms with Crippen LogP contribution in [0, 0.1) is 5.41 Å². The molecule has 2 rings (SSSR count). The van der Waals surface area contributed by atoms with Gasteiger partial charge >= 0.3 is 0 Å². The lowest BCUT2D eigenvalue weighted by Crippen LogP contribution is -2.39. The van der Waals surface area contributed by atoms with Gasteiger partial charge in [0.2, 0.25) is 0 Å². The third-order valence-corrected chi connectivity index (χ3v) is 5.00. The second-order valence-corrected chi connectivity index (χ2v) is 6.07. The van der Waals surface area contributed by atoms with E-state index in [-0.39, 0.29) is 12.0 Å². The Morgan fingerprint density at radius 3 is 2.70 bits per heavy atom. The van der Waals surface area contributed by atoms with Gasteiger partial charge < -0.3 is 15.5 Å². The molecular formula is C17H27NO2. The van der Waals surface area contributed by atoms with E-state index in [1.807, 2.05) is 12.1 Å².